The van der Waals surface area contributed by atoms with Gasteiger partial charge in [0.1, 0.15) is 17.2 Å². The number of carbonyl (C=O) groups is 1. The number of nitrogens with one attached hydrogen (secondary N) is 1. The van der Waals surface area contributed by atoms with Gasteiger partial charge >= 0.3 is 0 Å². The van der Waals surface area contributed by atoms with E-state index in [1.54, 1.807) is 6.92 Å². The minimum Gasteiger partial charge on any atom is -0.345 e. The Morgan fingerprint density at radius 2 is 2.00 bits per heavy atom. The van der Waals surface area contributed by atoms with E-state index >= 15 is 0 Å². The van der Waals surface area contributed by atoms with Gasteiger partial charge in [0.25, 0.3) is 5.91 Å². The molecule has 0 aromatic heterocycles. The van der Waals surface area contributed by atoms with Crippen LogP contribution in [-0.4, -0.2) is 18.0 Å². The van der Waals surface area contributed by atoms with Gasteiger partial charge in [-0.3, -0.25) is 4.79 Å². The van der Waals surface area contributed by atoms with Crippen molar-refractivity contribution in [2.24, 2.45) is 11.7 Å². The first-order valence-electron chi connectivity index (χ1n) is 6.04. The van der Waals surface area contributed by atoms with Crippen LogP contribution >= 0.6 is 15.9 Å². The molecule has 1 fully saturated rings. The lowest BCUT2D eigenvalue weighted by molar-refractivity contribution is 0.0889. The summed E-state index contributed by atoms with van der Waals surface area (Å²) in [5.74, 6) is -2.26. The lowest BCUT2D eigenvalue weighted by Gasteiger charge is -2.29. The molecule has 1 unspecified atom stereocenters. The van der Waals surface area contributed by atoms with E-state index in [2.05, 4.69) is 21.2 Å². The molecule has 1 amide bonds. The first kappa shape index (κ1) is 14.4. The maximum absolute atomic E-state index is 13.7. The molecule has 104 valence electrons. The zero-order valence-corrected chi connectivity index (χ0v) is 12.1. The van der Waals surface area contributed by atoms with E-state index in [-0.39, 0.29) is 16.9 Å². The third-order valence-electron chi connectivity index (χ3n) is 3.54. The zero-order valence-electron chi connectivity index (χ0n) is 10.5. The summed E-state index contributed by atoms with van der Waals surface area (Å²) in [6.07, 6.45) is 1.94. The summed E-state index contributed by atoms with van der Waals surface area (Å²) in [5, 5.41) is 2.66. The van der Waals surface area contributed by atoms with E-state index in [1.807, 2.05) is 0 Å². The summed E-state index contributed by atoms with van der Waals surface area (Å²) >= 11 is 2.97. The Labute approximate surface area is 118 Å². The molecular weight excluding hydrogens is 318 g/mol. The molecule has 1 atom stereocenters. The number of rotatable bonds is 4. The van der Waals surface area contributed by atoms with Gasteiger partial charge < -0.3 is 11.1 Å². The molecule has 3 N–H and O–H groups in total. The van der Waals surface area contributed by atoms with E-state index in [0.717, 1.165) is 25.0 Å². The first-order chi connectivity index (χ1) is 8.87. The van der Waals surface area contributed by atoms with E-state index in [4.69, 9.17) is 5.73 Å². The van der Waals surface area contributed by atoms with Crippen molar-refractivity contribution in [3.63, 3.8) is 0 Å². The number of carbonyl (C=O) groups excluding carboxylic acids is 1. The second-order valence-electron chi connectivity index (χ2n) is 5.09. The number of benzene rings is 1. The summed E-state index contributed by atoms with van der Waals surface area (Å²) in [5.41, 5.74) is 4.49. The van der Waals surface area contributed by atoms with Crippen molar-refractivity contribution in [3.05, 3.63) is 33.8 Å². The fourth-order valence-electron chi connectivity index (χ4n) is 2.12. The van der Waals surface area contributed by atoms with Crippen LogP contribution in [0, 0.1) is 17.6 Å². The Morgan fingerprint density at radius 1 is 1.47 bits per heavy atom. The van der Waals surface area contributed by atoms with E-state index in [0.29, 0.717) is 0 Å². The number of hydrogen-bond donors (Lipinski definition) is 2. The molecule has 1 saturated carbocycles. The normalized spacial score (nSPS) is 17.9. The fraction of sp³-hybridized carbons (Fsp3) is 0.462. The van der Waals surface area contributed by atoms with Crippen LogP contribution < -0.4 is 11.1 Å². The monoisotopic (exact) mass is 332 g/mol. The Balaban J connectivity index is 2.25. The molecule has 0 heterocycles. The van der Waals surface area contributed by atoms with E-state index in [9.17, 15) is 13.6 Å². The molecular formula is C13H15BrF2N2O. The molecule has 19 heavy (non-hydrogen) atoms. The number of hydrogen-bond acceptors (Lipinski definition) is 2. The van der Waals surface area contributed by atoms with Crippen LogP contribution in [0.25, 0.3) is 0 Å². The lowest BCUT2D eigenvalue weighted by atomic mass is 9.95. The van der Waals surface area contributed by atoms with Crippen LogP contribution in [0.5, 0.6) is 0 Å². The maximum atomic E-state index is 13.7. The molecule has 0 aliphatic heterocycles. The lowest BCUT2D eigenvalue weighted by Crippen LogP contribution is -2.53. The Hall–Kier alpha value is -1.01. The van der Waals surface area contributed by atoms with Crippen molar-refractivity contribution in [2.45, 2.75) is 25.3 Å². The minimum atomic E-state index is -0.889. The Kier molecular flexibility index (Phi) is 3.92. The van der Waals surface area contributed by atoms with Crippen LogP contribution in [0.2, 0.25) is 0 Å². The zero-order chi connectivity index (χ0) is 14.2. The molecule has 0 bridgehead atoms. The molecule has 0 spiro atoms. The molecule has 0 radical (unpaired) electrons. The van der Waals surface area contributed by atoms with Gasteiger partial charge in [-0.05, 0) is 37.8 Å². The predicted octanol–water partition coefficient (Wildman–Crippen LogP) is 2.58. The molecule has 0 saturated heterocycles. The van der Waals surface area contributed by atoms with Crippen LogP contribution in [-0.2, 0) is 0 Å². The number of nitrogens with two attached hydrogens (primary N) is 1. The summed E-state index contributed by atoms with van der Waals surface area (Å²) in [4.78, 5) is 12.0. The third-order valence-corrected chi connectivity index (χ3v) is 3.99. The van der Waals surface area contributed by atoms with Crippen molar-refractivity contribution in [1.29, 1.82) is 0 Å². The van der Waals surface area contributed by atoms with Gasteiger partial charge in [-0.1, -0.05) is 15.9 Å². The van der Waals surface area contributed by atoms with Crippen LogP contribution in [0.1, 0.15) is 30.1 Å². The first-order valence-corrected chi connectivity index (χ1v) is 6.84. The topological polar surface area (TPSA) is 55.1 Å². The predicted molar refractivity (Wildman–Crippen MR) is 71.7 cm³/mol. The molecule has 1 aliphatic rings. The number of halogens is 3. The molecule has 3 nitrogen and oxygen atoms in total. The van der Waals surface area contributed by atoms with Crippen LogP contribution in [0.15, 0.2) is 16.6 Å². The largest absolute Gasteiger partial charge is 0.345 e. The van der Waals surface area contributed by atoms with Gasteiger partial charge in [0, 0.05) is 11.0 Å². The fourth-order valence-corrected chi connectivity index (χ4v) is 2.52. The molecule has 2 rings (SSSR count). The SMILES string of the molecule is CC(CN)(NC(=O)c1c(F)cc(Br)cc1F)C1CC1. The Morgan fingerprint density at radius 3 is 2.42 bits per heavy atom. The second kappa shape index (κ2) is 5.17. The quantitative estimate of drug-likeness (QED) is 0.890. The van der Waals surface area contributed by atoms with Crippen LogP contribution in [0.3, 0.4) is 0 Å². The summed E-state index contributed by atoms with van der Waals surface area (Å²) in [6.45, 7) is 2.04. The highest BCUT2D eigenvalue weighted by Gasteiger charge is 2.42. The van der Waals surface area contributed by atoms with Crippen molar-refractivity contribution in [3.8, 4) is 0 Å². The van der Waals surface area contributed by atoms with Crippen molar-refractivity contribution in [2.75, 3.05) is 6.54 Å². The van der Waals surface area contributed by atoms with Crippen molar-refractivity contribution >= 4 is 21.8 Å². The van der Waals surface area contributed by atoms with E-state index in [1.165, 1.54) is 0 Å². The van der Waals surface area contributed by atoms with E-state index < -0.39 is 28.6 Å². The average Bonchev–Trinajstić information content (AvgIpc) is 3.11. The second-order valence-corrected chi connectivity index (χ2v) is 6.01. The molecule has 1 aliphatic carbocycles. The highest BCUT2D eigenvalue weighted by atomic mass is 79.9. The maximum Gasteiger partial charge on any atom is 0.257 e. The van der Waals surface area contributed by atoms with Crippen LogP contribution in [0.4, 0.5) is 8.78 Å². The third kappa shape index (κ3) is 2.95. The molecule has 1 aromatic rings. The van der Waals surface area contributed by atoms with Gasteiger partial charge in [0.2, 0.25) is 0 Å². The van der Waals surface area contributed by atoms with Gasteiger partial charge in [0.15, 0.2) is 0 Å². The van der Waals surface area contributed by atoms with Crippen molar-refractivity contribution in [1.82, 2.24) is 5.32 Å². The summed E-state index contributed by atoms with van der Waals surface area (Å²) in [6, 6.07) is 2.13. The standard InChI is InChI=1S/C13H15BrF2N2O/c1-13(6-17,7-2-3-7)18-12(19)11-9(15)4-8(14)5-10(11)16/h4-5,7H,2-3,6,17H2,1H3,(H,18,19). The van der Waals surface area contributed by atoms with Gasteiger partial charge in [0.05, 0.1) is 5.54 Å². The Bertz CT molecular complexity index is 496. The number of amides is 1. The average molecular weight is 333 g/mol. The minimum absolute atomic E-state index is 0.239. The van der Waals surface area contributed by atoms with Gasteiger partial charge in [-0.25, -0.2) is 8.78 Å². The molecule has 6 heteroatoms. The highest BCUT2D eigenvalue weighted by Crippen LogP contribution is 2.39. The summed E-state index contributed by atoms with van der Waals surface area (Å²) < 4.78 is 27.6. The molecule has 1 aromatic carbocycles. The summed E-state index contributed by atoms with van der Waals surface area (Å²) in [7, 11) is 0. The smallest absolute Gasteiger partial charge is 0.257 e. The highest BCUT2D eigenvalue weighted by molar-refractivity contribution is 9.10. The van der Waals surface area contributed by atoms with Gasteiger partial charge in [-0.2, -0.15) is 0 Å². The van der Waals surface area contributed by atoms with Crippen molar-refractivity contribution < 1.29 is 13.6 Å². The van der Waals surface area contributed by atoms with Gasteiger partial charge in [-0.15, -0.1) is 0 Å².